The second-order valence-electron chi connectivity index (χ2n) is 4.88. The highest BCUT2D eigenvalue weighted by atomic mass is 28.1. The van der Waals surface area contributed by atoms with E-state index < -0.39 is 0 Å². The van der Waals surface area contributed by atoms with E-state index in [0.717, 1.165) is 17.5 Å². The van der Waals surface area contributed by atoms with E-state index in [4.69, 9.17) is 4.74 Å². The van der Waals surface area contributed by atoms with Crippen LogP contribution in [0, 0.1) is 11.8 Å². The Hall–Kier alpha value is -0.833. The molecule has 0 aromatic carbocycles. The highest BCUT2D eigenvalue weighted by Gasteiger charge is 2.17. The van der Waals surface area contributed by atoms with Crippen molar-refractivity contribution in [3.05, 3.63) is 18.3 Å². The van der Waals surface area contributed by atoms with Crippen LogP contribution in [0.2, 0.25) is 0 Å². The van der Waals surface area contributed by atoms with Crippen LogP contribution in [0.3, 0.4) is 0 Å². The summed E-state index contributed by atoms with van der Waals surface area (Å²) in [6.07, 6.45) is 3.07. The third kappa shape index (κ3) is 3.97. The molecule has 2 nitrogen and oxygen atoms in total. The quantitative estimate of drug-likeness (QED) is 0.730. The summed E-state index contributed by atoms with van der Waals surface area (Å²) < 4.78 is 6.01. The van der Waals surface area contributed by atoms with Gasteiger partial charge in [0.25, 0.3) is 0 Å². The molecular formula is C13H20NOSi. The average Bonchev–Trinajstić information content (AvgIpc) is 2.19. The monoisotopic (exact) mass is 234 g/mol. The van der Waals surface area contributed by atoms with E-state index in [2.05, 4.69) is 42.9 Å². The topological polar surface area (TPSA) is 22.1 Å². The molecule has 0 aliphatic rings. The van der Waals surface area contributed by atoms with E-state index in [1.54, 1.807) is 6.20 Å². The minimum absolute atomic E-state index is 0.249. The van der Waals surface area contributed by atoms with E-state index in [1.165, 1.54) is 0 Å². The number of hydrogen-bond acceptors (Lipinski definition) is 2. The zero-order chi connectivity index (χ0) is 12.1. The zero-order valence-corrected chi connectivity index (χ0v) is 11.5. The fraction of sp³-hybridized carbons (Fsp3) is 0.615. The molecule has 16 heavy (non-hydrogen) atoms. The first-order chi connectivity index (χ1) is 7.50. The molecule has 0 amide bonds. The maximum absolute atomic E-state index is 6.01. The summed E-state index contributed by atoms with van der Waals surface area (Å²) in [6.45, 7) is 8.82. The van der Waals surface area contributed by atoms with Gasteiger partial charge < -0.3 is 4.74 Å². The fourth-order valence-electron chi connectivity index (χ4n) is 1.57. The molecule has 1 aromatic heterocycles. The van der Waals surface area contributed by atoms with Crippen LogP contribution in [0.4, 0.5) is 0 Å². The first kappa shape index (κ1) is 13.2. The number of rotatable bonds is 5. The van der Waals surface area contributed by atoms with Gasteiger partial charge in [-0.25, -0.2) is 0 Å². The number of pyridine rings is 1. The molecule has 0 fully saturated rings. The standard InChI is InChI=1S/C13H20NOSi/c1-9(2)8-12(10(3)4)15-11-6-5-7-14-13(11)16/h5-7,9-10,12H,8H2,1-4H3. The average molecular weight is 234 g/mol. The highest BCUT2D eigenvalue weighted by Crippen LogP contribution is 2.18. The highest BCUT2D eigenvalue weighted by molar-refractivity contribution is 6.32. The lowest BCUT2D eigenvalue weighted by molar-refractivity contribution is 0.128. The molecule has 0 saturated heterocycles. The molecule has 1 unspecified atom stereocenters. The first-order valence-electron chi connectivity index (χ1n) is 5.84. The molecule has 3 heteroatoms. The van der Waals surface area contributed by atoms with Crippen LogP contribution in [-0.2, 0) is 0 Å². The number of ether oxygens (including phenoxy) is 1. The van der Waals surface area contributed by atoms with Gasteiger partial charge in [-0.15, -0.1) is 0 Å². The summed E-state index contributed by atoms with van der Waals surface area (Å²) in [5.74, 6) is 1.98. The van der Waals surface area contributed by atoms with Gasteiger partial charge in [0.1, 0.15) is 22.1 Å². The second kappa shape index (κ2) is 6.04. The summed E-state index contributed by atoms with van der Waals surface area (Å²) >= 11 is 0. The molecule has 1 aromatic rings. The van der Waals surface area contributed by atoms with E-state index in [1.807, 2.05) is 12.1 Å². The van der Waals surface area contributed by atoms with E-state index in [0.29, 0.717) is 11.8 Å². The molecule has 0 spiro atoms. The van der Waals surface area contributed by atoms with Crippen LogP contribution in [0.1, 0.15) is 34.1 Å². The summed E-state index contributed by atoms with van der Waals surface area (Å²) in [5, 5.41) is 0.775. The van der Waals surface area contributed by atoms with Crippen molar-refractivity contribution in [2.45, 2.75) is 40.2 Å². The smallest absolute Gasteiger partial charge is 0.135 e. The fourth-order valence-corrected chi connectivity index (χ4v) is 1.79. The van der Waals surface area contributed by atoms with Crippen molar-refractivity contribution in [1.82, 2.24) is 4.98 Å². The SMILES string of the molecule is CC(C)CC(Oc1cccnc1[Si])C(C)C. The maximum atomic E-state index is 6.01. The Morgan fingerprint density at radius 2 is 2.00 bits per heavy atom. The number of aromatic nitrogens is 1. The van der Waals surface area contributed by atoms with Crippen LogP contribution in [0.15, 0.2) is 18.3 Å². The van der Waals surface area contributed by atoms with Crippen LogP contribution in [-0.4, -0.2) is 21.3 Å². The van der Waals surface area contributed by atoms with E-state index >= 15 is 0 Å². The minimum Gasteiger partial charge on any atom is -0.489 e. The third-order valence-electron chi connectivity index (χ3n) is 2.50. The van der Waals surface area contributed by atoms with Gasteiger partial charge in [0.15, 0.2) is 0 Å². The maximum Gasteiger partial charge on any atom is 0.135 e. The Bertz CT molecular complexity index is 325. The lowest BCUT2D eigenvalue weighted by Crippen LogP contribution is -2.28. The van der Waals surface area contributed by atoms with Gasteiger partial charge in [0.05, 0.1) is 5.32 Å². The Kier molecular flexibility index (Phi) is 4.99. The van der Waals surface area contributed by atoms with Crippen molar-refractivity contribution in [3.8, 4) is 5.75 Å². The minimum atomic E-state index is 0.249. The van der Waals surface area contributed by atoms with Crippen molar-refractivity contribution >= 4 is 15.6 Å². The second-order valence-corrected chi connectivity index (χ2v) is 5.35. The van der Waals surface area contributed by atoms with Gasteiger partial charge in [0.2, 0.25) is 0 Å². The van der Waals surface area contributed by atoms with Gasteiger partial charge in [-0.05, 0) is 30.4 Å². The molecule has 1 heterocycles. The van der Waals surface area contributed by atoms with Crippen LogP contribution >= 0.6 is 0 Å². The molecule has 1 atom stereocenters. The van der Waals surface area contributed by atoms with Gasteiger partial charge in [0, 0.05) is 6.20 Å². The van der Waals surface area contributed by atoms with E-state index in [-0.39, 0.29) is 6.10 Å². The van der Waals surface area contributed by atoms with Crippen molar-refractivity contribution < 1.29 is 4.74 Å². The predicted octanol–water partition coefficient (Wildman–Crippen LogP) is 2.32. The zero-order valence-electron chi connectivity index (χ0n) is 10.5. The largest absolute Gasteiger partial charge is 0.489 e. The molecule has 0 aliphatic carbocycles. The predicted molar refractivity (Wildman–Crippen MR) is 68.3 cm³/mol. The van der Waals surface area contributed by atoms with Crippen LogP contribution in [0.25, 0.3) is 0 Å². The summed E-state index contributed by atoms with van der Waals surface area (Å²) in [6, 6.07) is 3.84. The summed E-state index contributed by atoms with van der Waals surface area (Å²) in [4.78, 5) is 4.16. The van der Waals surface area contributed by atoms with Crippen molar-refractivity contribution in [1.29, 1.82) is 0 Å². The van der Waals surface area contributed by atoms with Crippen LogP contribution < -0.4 is 10.1 Å². The van der Waals surface area contributed by atoms with Gasteiger partial charge in [-0.2, -0.15) is 0 Å². The summed E-state index contributed by atoms with van der Waals surface area (Å²) in [7, 11) is 3.46. The first-order valence-corrected chi connectivity index (χ1v) is 6.34. The Morgan fingerprint density at radius 3 is 2.50 bits per heavy atom. The molecule has 0 aliphatic heterocycles. The molecule has 87 valence electrons. The normalized spacial score (nSPS) is 13.2. The van der Waals surface area contributed by atoms with Gasteiger partial charge >= 0.3 is 0 Å². The Labute approximate surface area is 102 Å². The molecule has 3 radical (unpaired) electrons. The van der Waals surface area contributed by atoms with Crippen molar-refractivity contribution in [2.75, 3.05) is 0 Å². The molecule has 0 bridgehead atoms. The lowest BCUT2D eigenvalue weighted by atomic mass is 9.97. The van der Waals surface area contributed by atoms with Gasteiger partial charge in [-0.3, -0.25) is 4.98 Å². The van der Waals surface area contributed by atoms with Gasteiger partial charge in [-0.1, -0.05) is 27.7 Å². The van der Waals surface area contributed by atoms with Crippen molar-refractivity contribution in [3.63, 3.8) is 0 Å². The number of hydrogen-bond donors (Lipinski definition) is 0. The molecule has 1 rings (SSSR count). The Morgan fingerprint density at radius 1 is 1.31 bits per heavy atom. The molecule has 0 saturated carbocycles. The number of nitrogens with zero attached hydrogens (tertiary/aromatic N) is 1. The van der Waals surface area contributed by atoms with Crippen LogP contribution in [0.5, 0.6) is 5.75 Å². The van der Waals surface area contributed by atoms with E-state index in [9.17, 15) is 0 Å². The van der Waals surface area contributed by atoms with Crippen molar-refractivity contribution in [2.24, 2.45) is 11.8 Å². The molecule has 0 N–H and O–H groups in total. The Balaban J connectivity index is 2.72. The lowest BCUT2D eigenvalue weighted by Gasteiger charge is -2.24. The summed E-state index contributed by atoms with van der Waals surface area (Å²) in [5.41, 5.74) is 0. The third-order valence-corrected chi connectivity index (χ3v) is 2.87. The molecular weight excluding hydrogens is 214 g/mol.